The second-order valence-corrected chi connectivity index (χ2v) is 10.7. The fraction of sp³-hybridized carbons (Fsp3) is 0.333. The van der Waals surface area contributed by atoms with E-state index in [2.05, 4.69) is 138 Å². The third-order valence-electron chi connectivity index (χ3n) is 6.90. The van der Waals surface area contributed by atoms with Crippen LogP contribution < -0.4 is 4.90 Å². The molecule has 1 aliphatic rings. The minimum absolute atomic E-state index is 0.115. The molecule has 0 radical (unpaired) electrons. The molecule has 3 rings (SSSR count). The summed E-state index contributed by atoms with van der Waals surface area (Å²) in [7, 11) is 0. The fourth-order valence-electron chi connectivity index (χ4n) is 4.25. The highest BCUT2D eigenvalue weighted by molar-refractivity contribution is 5.95. The van der Waals surface area contributed by atoms with Gasteiger partial charge in [-0.25, -0.2) is 0 Å². The van der Waals surface area contributed by atoms with Gasteiger partial charge in [-0.2, -0.15) is 0 Å². The molecule has 1 nitrogen and oxygen atoms in total. The van der Waals surface area contributed by atoms with Crippen molar-refractivity contribution < 1.29 is 0 Å². The van der Waals surface area contributed by atoms with Crippen molar-refractivity contribution in [3.05, 3.63) is 114 Å². The standard InChI is InChI=1S/C33H41N/c1-8-15-28(33(6,7)9-2)19-14-25-34(29-20-13-18-27(23-24-29)32(3,4)5)31-22-12-17-26-16-10-11-21-30(26)31/h8,10-19,21-24H,1,9,20,25H2,2-7H3/b19-14-,28-15+. The molecule has 0 atom stereocenters. The minimum atomic E-state index is 0.115. The molecule has 2 aromatic rings. The number of anilines is 1. The Morgan fingerprint density at radius 3 is 2.44 bits per heavy atom. The lowest BCUT2D eigenvalue weighted by molar-refractivity contribution is 0.440. The number of hydrogen-bond acceptors (Lipinski definition) is 1. The fourth-order valence-corrected chi connectivity index (χ4v) is 4.25. The molecule has 178 valence electrons. The monoisotopic (exact) mass is 451 g/mol. The third-order valence-corrected chi connectivity index (χ3v) is 6.90. The van der Waals surface area contributed by atoms with Gasteiger partial charge in [0.1, 0.15) is 0 Å². The Kier molecular flexibility index (Phi) is 8.20. The number of allylic oxidation sites excluding steroid dienone is 9. The van der Waals surface area contributed by atoms with Crippen molar-refractivity contribution in [3.8, 4) is 0 Å². The summed E-state index contributed by atoms with van der Waals surface area (Å²) >= 11 is 0. The zero-order chi connectivity index (χ0) is 24.8. The average Bonchev–Trinajstić information content (AvgIpc) is 3.07. The lowest BCUT2D eigenvalue weighted by Gasteiger charge is -2.28. The van der Waals surface area contributed by atoms with E-state index in [0.717, 1.165) is 19.4 Å². The quantitative estimate of drug-likeness (QED) is 0.361. The molecule has 0 aliphatic heterocycles. The van der Waals surface area contributed by atoms with Crippen LogP contribution in [0.15, 0.2) is 114 Å². The molecule has 0 amide bonds. The highest BCUT2D eigenvalue weighted by Crippen LogP contribution is 2.34. The first-order valence-electron chi connectivity index (χ1n) is 12.5. The van der Waals surface area contributed by atoms with Crippen LogP contribution in [0.2, 0.25) is 0 Å². The predicted molar refractivity (Wildman–Crippen MR) is 152 cm³/mol. The number of nitrogens with zero attached hydrogens (tertiary/aromatic N) is 1. The summed E-state index contributed by atoms with van der Waals surface area (Å²) in [6.07, 6.45) is 19.8. The summed E-state index contributed by atoms with van der Waals surface area (Å²) < 4.78 is 0. The van der Waals surface area contributed by atoms with Gasteiger partial charge in [-0.05, 0) is 45.9 Å². The Bertz CT molecular complexity index is 1150. The number of benzene rings is 2. The van der Waals surface area contributed by atoms with Crippen LogP contribution in [-0.4, -0.2) is 6.54 Å². The van der Waals surface area contributed by atoms with Gasteiger partial charge >= 0.3 is 0 Å². The second-order valence-electron chi connectivity index (χ2n) is 10.7. The average molecular weight is 452 g/mol. The van der Waals surface area contributed by atoms with E-state index >= 15 is 0 Å². The molecule has 0 N–H and O–H groups in total. The van der Waals surface area contributed by atoms with Gasteiger partial charge in [0.2, 0.25) is 0 Å². The molecular formula is C33H41N. The van der Waals surface area contributed by atoms with E-state index in [9.17, 15) is 0 Å². The molecule has 0 bridgehead atoms. The van der Waals surface area contributed by atoms with Crippen molar-refractivity contribution in [2.45, 2.75) is 54.4 Å². The molecule has 1 aliphatic carbocycles. The lowest BCUT2D eigenvalue weighted by Crippen LogP contribution is -2.23. The lowest BCUT2D eigenvalue weighted by atomic mass is 9.81. The SMILES string of the molecule is C=C/C=C(\C=C/CN(C1=CC=C(C(C)(C)C)C=CC1)c1cccc2ccccc12)C(C)(C)CC. The normalized spacial score (nSPS) is 15.3. The van der Waals surface area contributed by atoms with E-state index in [4.69, 9.17) is 0 Å². The van der Waals surface area contributed by atoms with Gasteiger partial charge in [0, 0.05) is 29.7 Å². The molecule has 0 fully saturated rings. The first-order valence-corrected chi connectivity index (χ1v) is 12.5. The largest absolute Gasteiger partial charge is 0.340 e. The zero-order valence-corrected chi connectivity index (χ0v) is 21.9. The summed E-state index contributed by atoms with van der Waals surface area (Å²) in [4.78, 5) is 2.47. The summed E-state index contributed by atoms with van der Waals surface area (Å²) in [6.45, 7) is 18.4. The second kappa shape index (κ2) is 10.9. The van der Waals surface area contributed by atoms with Gasteiger partial charge in [0.15, 0.2) is 0 Å². The topological polar surface area (TPSA) is 3.24 Å². The Hall–Kier alpha value is -3.06. The van der Waals surface area contributed by atoms with Gasteiger partial charge in [-0.15, -0.1) is 0 Å². The molecular weight excluding hydrogens is 410 g/mol. The van der Waals surface area contributed by atoms with Gasteiger partial charge in [0.05, 0.1) is 0 Å². The first kappa shape index (κ1) is 25.6. The molecule has 0 aromatic heterocycles. The van der Waals surface area contributed by atoms with E-state index in [1.807, 2.05) is 6.08 Å². The highest BCUT2D eigenvalue weighted by Gasteiger charge is 2.20. The summed E-state index contributed by atoms with van der Waals surface area (Å²) in [5.41, 5.74) is 5.47. The molecule has 0 heterocycles. The van der Waals surface area contributed by atoms with Crippen molar-refractivity contribution in [3.63, 3.8) is 0 Å². The Balaban J connectivity index is 2.06. The zero-order valence-electron chi connectivity index (χ0n) is 21.9. The minimum Gasteiger partial charge on any atom is -0.340 e. The first-order chi connectivity index (χ1) is 16.2. The Labute approximate surface area is 207 Å². The molecule has 0 spiro atoms. The van der Waals surface area contributed by atoms with Crippen molar-refractivity contribution in [1.82, 2.24) is 0 Å². The molecule has 0 saturated heterocycles. The van der Waals surface area contributed by atoms with Gasteiger partial charge in [0.25, 0.3) is 0 Å². The van der Waals surface area contributed by atoms with Crippen LogP contribution in [0.1, 0.15) is 54.4 Å². The Morgan fingerprint density at radius 2 is 1.74 bits per heavy atom. The van der Waals surface area contributed by atoms with Crippen LogP contribution in [-0.2, 0) is 0 Å². The number of fused-ring (bicyclic) bond motifs is 1. The van der Waals surface area contributed by atoms with Gasteiger partial charge < -0.3 is 4.90 Å². The maximum Gasteiger partial charge on any atom is 0.0490 e. The van der Waals surface area contributed by atoms with Gasteiger partial charge in [-0.3, -0.25) is 0 Å². The molecule has 0 unspecified atom stereocenters. The molecule has 2 aromatic carbocycles. The van der Waals surface area contributed by atoms with E-state index < -0.39 is 0 Å². The molecule has 34 heavy (non-hydrogen) atoms. The maximum atomic E-state index is 3.94. The highest BCUT2D eigenvalue weighted by atomic mass is 15.1. The third kappa shape index (κ3) is 6.08. The summed E-state index contributed by atoms with van der Waals surface area (Å²) in [5.74, 6) is 0. The van der Waals surface area contributed by atoms with E-state index in [1.54, 1.807) is 0 Å². The molecule has 0 saturated carbocycles. The van der Waals surface area contributed by atoms with E-state index in [0.29, 0.717) is 0 Å². The predicted octanol–water partition coefficient (Wildman–Crippen LogP) is 9.57. The van der Waals surface area contributed by atoms with Crippen LogP contribution >= 0.6 is 0 Å². The smallest absolute Gasteiger partial charge is 0.0490 e. The maximum absolute atomic E-state index is 3.94. The van der Waals surface area contributed by atoms with Crippen LogP contribution in [0, 0.1) is 10.8 Å². The van der Waals surface area contributed by atoms with Crippen molar-refractivity contribution in [2.75, 3.05) is 11.4 Å². The van der Waals surface area contributed by atoms with Crippen molar-refractivity contribution in [2.24, 2.45) is 10.8 Å². The van der Waals surface area contributed by atoms with Crippen LogP contribution in [0.4, 0.5) is 5.69 Å². The van der Waals surface area contributed by atoms with Crippen LogP contribution in [0.5, 0.6) is 0 Å². The number of hydrogen-bond donors (Lipinski definition) is 0. The Morgan fingerprint density at radius 1 is 1.00 bits per heavy atom. The summed E-state index contributed by atoms with van der Waals surface area (Å²) in [5, 5.41) is 2.55. The number of rotatable bonds is 8. The van der Waals surface area contributed by atoms with E-state index in [1.165, 1.54) is 33.3 Å². The van der Waals surface area contributed by atoms with Gasteiger partial charge in [-0.1, -0.05) is 127 Å². The molecule has 1 heteroatoms. The van der Waals surface area contributed by atoms with Crippen molar-refractivity contribution in [1.29, 1.82) is 0 Å². The van der Waals surface area contributed by atoms with Crippen LogP contribution in [0.25, 0.3) is 10.8 Å². The van der Waals surface area contributed by atoms with Crippen molar-refractivity contribution >= 4 is 16.5 Å². The van der Waals surface area contributed by atoms with E-state index in [-0.39, 0.29) is 10.8 Å². The summed E-state index contributed by atoms with van der Waals surface area (Å²) in [6, 6.07) is 15.3. The van der Waals surface area contributed by atoms with Crippen LogP contribution in [0.3, 0.4) is 0 Å².